The molecule has 0 aliphatic rings. The van der Waals surface area contributed by atoms with Crippen molar-refractivity contribution in [1.29, 1.82) is 5.26 Å². The number of nitriles is 1. The van der Waals surface area contributed by atoms with E-state index in [0.29, 0.717) is 11.0 Å². The van der Waals surface area contributed by atoms with Gasteiger partial charge in [-0.3, -0.25) is 4.79 Å². The Morgan fingerprint density at radius 2 is 2.25 bits per heavy atom. The van der Waals surface area contributed by atoms with Crippen molar-refractivity contribution < 1.29 is 4.42 Å². The quantitative estimate of drug-likeness (QED) is 0.805. The summed E-state index contributed by atoms with van der Waals surface area (Å²) in [5.41, 5.74) is 1.27. The van der Waals surface area contributed by atoms with E-state index in [2.05, 4.69) is 15.9 Å². The van der Waals surface area contributed by atoms with Gasteiger partial charge in [0.05, 0.1) is 9.86 Å². The molecule has 4 heteroatoms. The smallest absolute Gasteiger partial charge is 0.210 e. The summed E-state index contributed by atoms with van der Waals surface area (Å²) in [6.45, 7) is 2.00. The molecule has 16 heavy (non-hydrogen) atoms. The summed E-state index contributed by atoms with van der Waals surface area (Å²) >= 11 is 3.35. The highest BCUT2D eigenvalue weighted by atomic mass is 79.9. The molecular weight excluding hydrogens is 270 g/mol. The zero-order valence-corrected chi connectivity index (χ0v) is 10.2. The van der Waals surface area contributed by atoms with Gasteiger partial charge in [0.1, 0.15) is 17.9 Å². The zero-order valence-electron chi connectivity index (χ0n) is 8.58. The molecule has 3 nitrogen and oxygen atoms in total. The van der Waals surface area contributed by atoms with E-state index in [-0.39, 0.29) is 11.0 Å². The summed E-state index contributed by atoms with van der Waals surface area (Å²) in [5.74, 6) is 0. The topological polar surface area (TPSA) is 54.0 Å². The van der Waals surface area contributed by atoms with E-state index in [1.165, 1.54) is 6.26 Å². The molecule has 2 rings (SSSR count). The zero-order chi connectivity index (χ0) is 11.7. The van der Waals surface area contributed by atoms with Gasteiger partial charge in [-0.25, -0.2) is 0 Å². The Labute approximate surface area is 100 Å². The van der Waals surface area contributed by atoms with Crippen LogP contribution in [0.3, 0.4) is 0 Å². The predicted octanol–water partition coefficient (Wildman–Crippen LogP) is 2.99. The minimum absolute atomic E-state index is 0.0349. The number of benzene rings is 1. The third kappa shape index (κ3) is 1.63. The van der Waals surface area contributed by atoms with Gasteiger partial charge in [0.25, 0.3) is 0 Å². The van der Waals surface area contributed by atoms with E-state index in [4.69, 9.17) is 9.68 Å². The molecule has 0 radical (unpaired) electrons. The summed E-state index contributed by atoms with van der Waals surface area (Å²) in [6.07, 6.45) is 2.02. The minimum Gasteiger partial charge on any atom is -0.461 e. The third-order valence-corrected chi connectivity index (χ3v) is 3.01. The van der Waals surface area contributed by atoms with Crippen LogP contribution in [-0.2, 0) is 6.42 Å². The molecule has 1 aromatic heterocycles. The lowest BCUT2D eigenvalue weighted by Gasteiger charge is -2.02. The molecular formula is C12H8BrNO2. The fourth-order valence-corrected chi connectivity index (χ4v) is 2.14. The highest BCUT2D eigenvalue weighted by Gasteiger charge is 2.10. The molecule has 1 heterocycles. The largest absolute Gasteiger partial charge is 0.461 e. The Kier molecular flexibility index (Phi) is 2.80. The Hall–Kier alpha value is -1.60. The number of hydrogen-bond donors (Lipinski definition) is 0. The number of fused-ring (bicyclic) bond motifs is 1. The molecule has 80 valence electrons. The summed E-state index contributed by atoms with van der Waals surface area (Å²) in [5, 5.41) is 9.20. The van der Waals surface area contributed by atoms with Crippen LogP contribution in [0.5, 0.6) is 0 Å². The number of nitrogens with zero attached hydrogens (tertiary/aromatic N) is 1. The lowest BCUT2D eigenvalue weighted by Crippen LogP contribution is -2.06. The summed E-state index contributed by atoms with van der Waals surface area (Å²) in [6, 6.07) is 5.51. The first-order valence-electron chi connectivity index (χ1n) is 4.81. The van der Waals surface area contributed by atoms with Gasteiger partial charge in [-0.05, 0) is 40.0 Å². The Morgan fingerprint density at radius 3 is 2.88 bits per heavy atom. The molecule has 0 unspecified atom stereocenters. The van der Waals surface area contributed by atoms with E-state index >= 15 is 0 Å². The minimum atomic E-state index is -0.278. The van der Waals surface area contributed by atoms with Crippen molar-refractivity contribution in [3.63, 3.8) is 0 Å². The maximum atomic E-state index is 11.9. The van der Waals surface area contributed by atoms with Crippen LogP contribution in [0.1, 0.15) is 18.1 Å². The van der Waals surface area contributed by atoms with Crippen LogP contribution in [-0.4, -0.2) is 0 Å². The maximum Gasteiger partial charge on any atom is 0.210 e. The molecule has 0 saturated carbocycles. The third-order valence-electron chi connectivity index (χ3n) is 2.42. The normalized spacial score (nSPS) is 10.3. The van der Waals surface area contributed by atoms with Crippen LogP contribution in [0, 0.1) is 11.3 Å². The van der Waals surface area contributed by atoms with Crippen LogP contribution >= 0.6 is 15.9 Å². The molecule has 0 atom stereocenters. The average Bonchev–Trinajstić information content (AvgIpc) is 2.30. The monoisotopic (exact) mass is 277 g/mol. The molecule has 0 N–H and O–H groups in total. The molecule has 1 aromatic carbocycles. The highest BCUT2D eigenvalue weighted by molar-refractivity contribution is 9.10. The van der Waals surface area contributed by atoms with Crippen molar-refractivity contribution >= 4 is 26.9 Å². The van der Waals surface area contributed by atoms with Crippen LogP contribution < -0.4 is 5.43 Å². The molecule has 0 bridgehead atoms. The summed E-state index contributed by atoms with van der Waals surface area (Å²) < 4.78 is 6.01. The van der Waals surface area contributed by atoms with Crippen LogP contribution in [0.4, 0.5) is 0 Å². The van der Waals surface area contributed by atoms with Crippen molar-refractivity contribution in [1.82, 2.24) is 0 Å². The van der Waals surface area contributed by atoms with Crippen LogP contribution in [0.15, 0.2) is 32.1 Å². The number of rotatable bonds is 1. The van der Waals surface area contributed by atoms with Gasteiger partial charge in [0, 0.05) is 0 Å². The van der Waals surface area contributed by atoms with Crippen molar-refractivity contribution in [2.75, 3.05) is 0 Å². The number of hydrogen-bond acceptors (Lipinski definition) is 3. The summed E-state index contributed by atoms with van der Waals surface area (Å²) in [7, 11) is 0. The van der Waals surface area contributed by atoms with E-state index in [0.717, 1.165) is 16.5 Å². The van der Waals surface area contributed by atoms with Gasteiger partial charge in [-0.15, -0.1) is 0 Å². The Bertz CT molecular complexity index is 652. The second-order valence-corrected chi connectivity index (χ2v) is 4.25. The molecule has 0 saturated heterocycles. The summed E-state index contributed by atoms with van der Waals surface area (Å²) in [4.78, 5) is 11.9. The fourth-order valence-electron chi connectivity index (χ4n) is 1.54. The van der Waals surface area contributed by atoms with Gasteiger partial charge in [0.15, 0.2) is 5.58 Å². The van der Waals surface area contributed by atoms with Crippen molar-refractivity contribution in [2.45, 2.75) is 13.3 Å². The van der Waals surface area contributed by atoms with E-state index in [1.807, 2.05) is 19.1 Å². The molecule has 0 aliphatic heterocycles. The molecule has 0 fully saturated rings. The van der Waals surface area contributed by atoms with Gasteiger partial charge in [-0.2, -0.15) is 5.26 Å². The SMILES string of the molecule is CCc1cc(Br)c2occ(C#N)c(=O)c2c1. The molecule has 0 spiro atoms. The standard InChI is InChI=1S/C12H8BrNO2/c1-2-7-3-9-11(15)8(5-14)6-16-12(9)10(13)4-7/h3-4,6H,2H2,1H3. The van der Waals surface area contributed by atoms with Gasteiger partial charge >= 0.3 is 0 Å². The molecule has 0 amide bonds. The van der Waals surface area contributed by atoms with E-state index < -0.39 is 0 Å². The second-order valence-electron chi connectivity index (χ2n) is 3.40. The van der Waals surface area contributed by atoms with Gasteiger partial charge < -0.3 is 4.42 Å². The predicted molar refractivity (Wildman–Crippen MR) is 64.3 cm³/mol. The molecule has 0 aliphatic carbocycles. The van der Waals surface area contributed by atoms with E-state index in [1.54, 1.807) is 6.07 Å². The highest BCUT2D eigenvalue weighted by Crippen LogP contribution is 2.24. The Balaban J connectivity index is 2.93. The Morgan fingerprint density at radius 1 is 1.50 bits per heavy atom. The number of halogens is 1. The lowest BCUT2D eigenvalue weighted by molar-refractivity contribution is 0.598. The first kappa shape index (κ1) is 10.9. The molecule has 2 aromatic rings. The maximum absolute atomic E-state index is 11.9. The van der Waals surface area contributed by atoms with Crippen molar-refractivity contribution in [3.8, 4) is 6.07 Å². The van der Waals surface area contributed by atoms with Gasteiger partial charge in [0.2, 0.25) is 5.43 Å². The second kappa shape index (κ2) is 4.11. The average molecular weight is 278 g/mol. The van der Waals surface area contributed by atoms with Crippen molar-refractivity contribution in [3.05, 3.63) is 44.2 Å². The van der Waals surface area contributed by atoms with Crippen LogP contribution in [0.25, 0.3) is 11.0 Å². The first-order chi connectivity index (χ1) is 7.67. The number of aryl methyl sites for hydroxylation is 1. The van der Waals surface area contributed by atoms with Crippen molar-refractivity contribution in [2.24, 2.45) is 0 Å². The fraction of sp³-hybridized carbons (Fsp3) is 0.167. The van der Waals surface area contributed by atoms with Gasteiger partial charge in [-0.1, -0.05) is 6.92 Å². The van der Waals surface area contributed by atoms with E-state index in [9.17, 15) is 4.79 Å². The first-order valence-corrected chi connectivity index (χ1v) is 5.60. The van der Waals surface area contributed by atoms with Crippen LogP contribution in [0.2, 0.25) is 0 Å². The lowest BCUT2D eigenvalue weighted by atomic mass is 10.1.